The van der Waals surface area contributed by atoms with Crippen LogP contribution in [0.5, 0.6) is 0 Å². The average molecular weight is 268 g/mol. The zero-order valence-electron chi connectivity index (χ0n) is 10.5. The molecular weight excluding hydrogens is 253 g/mol. The molecule has 1 aromatic rings. The zero-order chi connectivity index (χ0) is 13.9. The minimum absolute atomic E-state index is 0.0298. The third-order valence-electron chi connectivity index (χ3n) is 3.46. The average Bonchev–Trinajstić information content (AvgIpc) is 2.39. The van der Waals surface area contributed by atoms with E-state index >= 15 is 0 Å². The van der Waals surface area contributed by atoms with Gasteiger partial charge in [0.1, 0.15) is 0 Å². The Morgan fingerprint density at radius 1 is 1.32 bits per heavy atom. The number of alkyl halides is 3. The maximum absolute atomic E-state index is 12.7. The SMILES string of the molecule is N#CCC1CCCCN1c1cccc(C(F)(F)F)c1. The molecule has 1 unspecified atom stereocenters. The van der Waals surface area contributed by atoms with Crippen LogP contribution in [0.1, 0.15) is 31.2 Å². The lowest BCUT2D eigenvalue weighted by atomic mass is 9.98. The summed E-state index contributed by atoms with van der Waals surface area (Å²) >= 11 is 0. The molecule has 0 saturated carbocycles. The Morgan fingerprint density at radius 3 is 2.79 bits per heavy atom. The third kappa shape index (κ3) is 3.19. The molecule has 1 aromatic carbocycles. The topological polar surface area (TPSA) is 27.0 Å². The Morgan fingerprint density at radius 2 is 2.11 bits per heavy atom. The monoisotopic (exact) mass is 268 g/mol. The van der Waals surface area contributed by atoms with Crippen LogP contribution in [0.2, 0.25) is 0 Å². The number of anilines is 1. The molecule has 0 N–H and O–H groups in total. The Kier molecular flexibility index (Phi) is 3.98. The predicted molar refractivity (Wildman–Crippen MR) is 66.7 cm³/mol. The van der Waals surface area contributed by atoms with Gasteiger partial charge >= 0.3 is 6.18 Å². The van der Waals surface area contributed by atoms with Gasteiger partial charge in [0.15, 0.2) is 0 Å². The molecule has 1 heterocycles. The van der Waals surface area contributed by atoms with Gasteiger partial charge in [-0.3, -0.25) is 0 Å². The van der Waals surface area contributed by atoms with E-state index in [1.165, 1.54) is 12.1 Å². The van der Waals surface area contributed by atoms with Crippen molar-refractivity contribution in [2.45, 2.75) is 37.9 Å². The number of hydrogen-bond donors (Lipinski definition) is 0. The summed E-state index contributed by atoms with van der Waals surface area (Å²) in [4.78, 5) is 1.93. The molecule has 0 bridgehead atoms. The Bertz CT molecular complexity index is 476. The lowest BCUT2D eigenvalue weighted by Crippen LogP contribution is -2.39. The minimum atomic E-state index is -4.32. The molecule has 19 heavy (non-hydrogen) atoms. The van der Waals surface area contributed by atoms with Gasteiger partial charge in [-0.15, -0.1) is 0 Å². The molecule has 0 radical (unpaired) electrons. The molecule has 1 fully saturated rings. The van der Waals surface area contributed by atoms with E-state index in [0.29, 0.717) is 18.7 Å². The first kappa shape index (κ1) is 13.7. The van der Waals surface area contributed by atoms with E-state index < -0.39 is 11.7 Å². The van der Waals surface area contributed by atoms with E-state index in [1.807, 2.05) is 4.90 Å². The zero-order valence-corrected chi connectivity index (χ0v) is 10.5. The number of halogens is 3. The fraction of sp³-hybridized carbons (Fsp3) is 0.500. The number of hydrogen-bond acceptors (Lipinski definition) is 2. The summed E-state index contributed by atoms with van der Waals surface area (Å²) in [7, 11) is 0. The van der Waals surface area contributed by atoms with E-state index in [2.05, 4.69) is 6.07 Å². The van der Waals surface area contributed by atoms with Crippen molar-refractivity contribution >= 4 is 5.69 Å². The van der Waals surface area contributed by atoms with Crippen LogP contribution in [0.25, 0.3) is 0 Å². The normalized spacial score (nSPS) is 20.1. The number of nitrogens with zero attached hydrogens (tertiary/aromatic N) is 2. The summed E-state index contributed by atoms with van der Waals surface area (Å²) in [6.45, 7) is 0.716. The predicted octanol–water partition coefficient (Wildman–Crippen LogP) is 3.98. The molecule has 1 atom stereocenters. The molecule has 5 heteroatoms. The number of piperidine rings is 1. The van der Waals surface area contributed by atoms with Crippen LogP contribution in [0.3, 0.4) is 0 Å². The number of benzene rings is 1. The summed E-state index contributed by atoms with van der Waals surface area (Å²) in [5.74, 6) is 0. The highest BCUT2D eigenvalue weighted by Gasteiger charge is 2.31. The van der Waals surface area contributed by atoms with Gasteiger partial charge in [-0.25, -0.2) is 0 Å². The third-order valence-corrected chi connectivity index (χ3v) is 3.46. The first-order valence-corrected chi connectivity index (χ1v) is 6.33. The molecule has 1 aliphatic rings. The van der Waals surface area contributed by atoms with Crippen LogP contribution >= 0.6 is 0 Å². The maximum atomic E-state index is 12.7. The van der Waals surface area contributed by atoms with Gasteiger partial charge in [-0.2, -0.15) is 18.4 Å². The van der Waals surface area contributed by atoms with Crippen LogP contribution in [-0.4, -0.2) is 12.6 Å². The van der Waals surface area contributed by atoms with Gasteiger partial charge in [0.2, 0.25) is 0 Å². The van der Waals surface area contributed by atoms with Crippen molar-refractivity contribution in [3.63, 3.8) is 0 Å². The first-order valence-electron chi connectivity index (χ1n) is 6.33. The summed E-state index contributed by atoms with van der Waals surface area (Å²) in [6, 6.07) is 7.51. The van der Waals surface area contributed by atoms with Gasteiger partial charge in [0.05, 0.1) is 18.1 Å². The largest absolute Gasteiger partial charge is 0.416 e. The van der Waals surface area contributed by atoms with Crippen molar-refractivity contribution in [1.29, 1.82) is 5.26 Å². The standard InChI is InChI=1S/C14H15F3N2/c15-14(16,17)11-4-3-6-13(10-11)19-9-2-1-5-12(19)7-8-18/h3-4,6,10,12H,1-2,5,7,9H2. The molecule has 0 aromatic heterocycles. The summed E-state index contributed by atoms with van der Waals surface area (Å²) in [5.41, 5.74) is -0.0685. The van der Waals surface area contributed by atoms with Gasteiger partial charge in [-0.1, -0.05) is 6.07 Å². The first-order chi connectivity index (χ1) is 9.02. The lowest BCUT2D eigenvalue weighted by molar-refractivity contribution is -0.137. The van der Waals surface area contributed by atoms with Crippen LogP contribution < -0.4 is 4.90 Å². The highest BCUT2D eigenvalue weighted by molar-refractivity contribution is 5.50. The second-order valence-corrected chi connectivity index (χ2v) is 4.75. The van der Waals surface area contributed by atoms with E-state index in [4.69, 9.17) is 5.26 Å². The van der Waals surface area contributed by atoms with Crippen LogP contribution in [0.15, 0.2) is 24.3 Å². The Labute approximate surface area is 110 Å². The second kappa shape index (κ2) is 5.52. The highest BCUT2D eigenvalue weighted by atomic mass is 19.4. The molecule has 1 aliphatic heterocycles. The van der Waals surface area contributed by atoms with Crippen LogP contribution in [0.4, 0.5) is 18.9 Å². The summed E-state index contributed by atoms with van der Waals surface area (Å²) < 4.78 is 38.1. The van der Waals surface area contributed by atoms with Gasteiger partial charge < -0.3 is 4.90 Å². The molecule has 0 amide bonds. The Balaban J connectivity index is 2.27. The molecule has 2 nitrogen and oxygen atoms in total. The molecule has 1 saturated heterocycles. The summed E-state index contributed by atoms with van der Waals surface area (Å²) in [5, 5.41) is 8.81. The van der Waals surface area contributed by atoms with E-state index in [0.717, 1.165) is 25.3 Å². The van der Waals surface area contributed by atoms with Gasteiger partial charge in [-0.05, 0) is 37.5 Å². The summed E-state index contributed by atoms with van der Waals surface area (Å²) in [6.07, 6.45) is -1.11. The molecule has 2 rings (SSSR count). The van der Waals surface area contributed by atoms with E-state index in [1.54, 1.807) is 6.07 Å². The highest BCUT2D eigenvalue weighted by Crippen LogP contribution is 2.33. The van der Waals surface area contributed by atoms with Crippen molar-refractivity contribution in [3.8, 4) is 6.07 Å². The quantitative estimate of drug-likeness (QED) is 0.811. The van der Waals surface area contributed by atoms with Crippen molar-refractivity contribution in [2.75, 3.05) is 11.4 Å². The number of rotatable bonds is 2. The van der Waals surface area contributed by atoms with Crippen molar-refractivity contribution in [1.82, 2.24) is 0 Å². The van der Waals surface area contributed by atoms with Crippen molar-refractivity contribution < 1.29 is 13.2 Å². The second-order valence-electron chi connectivity index (χ2n) is 4.75. The smallest absolute Gasteiger partial charge is 0.368 e. The minimum Gasteiger partial charge on any atom is -0.368 e. The van der Waals surface area contributed by atoms with Crippen LogP contribution in [0, 0.1) is 11.3 Å². The molecule has 0 aliphatic carbocycles. The van der Waals surface area contributed by atoms with Crippen molar-refractivity contribution in [3.05, 3.63) is 29.8 Å². The maximum Gasteiger partial charge on any atom is 0.416 e. The van der Waals surface area contributed by atoms with Gasteiger partial charge in [0.25, 0.3) is 0 Å². The van der Waals surface area contributed by atoms with Gasteiger partial charge in [0, 0.05) is 18.3 Å². The van der Waals surface area contributed by atoms with E-state index in [9.17, 15) is 13.2 Å². The molecule has 0 spiro atoms. The van der Waals surface area contributed by atoms with E-state index in [-0.39, 0.29) is 6.04 Å². The van der Waals surface area contributed by atoms with Crippen molar-refractivity contribution in [2.24, 2.45) is 0 Å². The fourth-order valence-corrected chi connectivity index (χ4v) is 2.52. The molecular formula is C14H15F3N2. The lowest BCUT2D eigenvalue weighted by Gasteiger charge is -2.36. The van der Waals surface area contributed by atoms with Crippen LogP contribution in [-0.2, 0) is 6.18 Å². The fourth-order valence-electron chi connectivity index (χ4n) is 2.52. The molecule has 102 valence electrons. The Hall–Kier alpha value is -1.70. The number of nitriles is 1.